The molecule has 0 amide bonds. The highest BCUT2D eigenvalue weighted by Crippen LogP contribution is 2.21. The minimum Gasteiger partial charge on any atom is -0.383 e. The van der Waals surface area contributed by atoms with Gasteiger partial charge in [0.25, 0.3) is 0 Å². The summed E-state index contributed by atoms with van der Waals surface area (Å²) in [6.45, 7) is 4.81. The molecule has 2 N–H and O–H groups in total. The van der Waals surface area contributed by atoms with Gasteiger partial charge >= 0.3 is 0 Å². The monoisotopic (exact) mass is 268 g/mol. The number of nitrogens with two attached hydrogens (primary N) is 1. The topological polar surface area (TPSA) is 64.3 Å². The highest BCUT2D eigenvalue weighted by molar-refractivity contribution is 7.98. The second kappa shape index (κ2) is 6.24. The molecule has 5 nitrogen and oxygen atoms in total. The molecule has 1 aliphatic heterocycles. The van der Waals surface area contributed by atoms with E-state index in [2.05, 4.69) is 21.8 Å². The molecule has 1 aromatic rings. The standard InChI is InChI=1S/C12H20N4OS/c1-3-9-8-16(5-4-6-17-9)11-7-10(13)14-12(15-11)18-2/h7,9H,3-6,8H2,1-2H3,(H2,13,14,15). The fourth-order valence-electron chi connectivity index (χ4n) is 2.03. The Labute approximate surface area is 112 Å². The number of anilines is 2. The zero-order chi connectivity index (χ0) is 13.0. The van der Waals surface area contributed by atoms with Gasteiger partial charge in [-0.25, -0.2) is 9.97 Å². The van der Waals surface area contributed by atoms with Crippen molar-refractivity contribution < 1.29 is 4.74 Å². The SMILES string of the molecule is CCC1CN(c2cc(N)nc(SC)n2)CCCO1. The summed E-state index contributed by atoms with van der Waals surface area (Å²) in [7, 11) is 0. The average Bonchev–Trinajstić information content (AvgIpc) is 2.63. The predicted molar refractivity (Wildman–Crippen MR) is 75.1 cm³/mol. The molecular weight excluding hydrogens is 248 g/mol. The Bertz CT molecular complexity index is 402. The first kappa shape index (κ1) is 13.4. The maximum atomic E-state index is 5.83. The van der Waals surface area contributed by atoms with Crippen molar-refractivity contribution >= 4 is 23.4 Å². The lowest BCUT2D eigenvalue weighted by Crippen LogP contribution is -2.32. The van der Waals surface area contributed by atoms with Crippen LogP contribution in [0.4, 0.5) is 11.6 Å². The molecule has 0 spiro atoms. The summed E-state index contributed by atoms with van der Waals surface area (Å²) in [6, 6.07) is 1.84. The molecule has 0 aromatic carbocycles. The van der Waals surface area contributed by atoms with E-state index in [4.69, 9.17) is 10.5 Å². The number of nitrogen functional groups attached to an aromatic ring is 1. The molecule has 1 fully saturated rings. The lowest BCUT2D eigenvalue weighted by Gasteiger charge is -2.24. The van der Waals surface area contributed by atoms with Crippen molar-refractivity contribution in [3.63, 3.8) is 0 Å². The second-order valence-corrected chi connectivity index (χ2v) is 5.11. The van der Waals surface area contributed by atoms with Crippen LogP contribution in [0.15, 0.2) is 11.2 Å². The third-order valence-electron chi connectivity index (χ3n) is 3.02. The number of nitrogens with zero attached hydrogens (tertiary/aromatic N) is 3. The molecule has 0 bridgehead atoms. The first-order chi connectivity index (χ1) is 8.72. The van der Waals surface area contributed by atoms with Gasteiger partial charge in [-0.15, -0.1) is 0 Å². The van der Waals surface area contributed by atoms with Gasteiger partial charge in [0, 0.05) is 25.8 Å². The Morgan fingerprint density at radius 2 is 2.39 bits per heavy atom. The van der Waals surface area contributed by atoms with Crippen LogP contribution in [-0.4, -0.2) is 42.0 Å². The fraction of sp³-hybridized carbons (Fsp3) is 0.667. The molecule has 1 aliphatic rings. The summed E-state index contributed by atoms with van der Waals surface area (Å²) in [4.78, 5) is 11.0. The molecule has 6 heteroatoms. The van der Waals surface area contributed by atoms with Crippen LogP contribution in [0.5, 0.6) is 0 Å². The first-order valence-electron chi connectivity index (χ1n) is 6.28. The Kier molecular flexibility index (Phi) is 4.66. The third kappa shape index (κ3) is 3.26. The summed E-state index contributed by atoms with van der Waals surface area (Å²) in [5.74, 6) is 1.44. The summed E-state index contributed by atoms with van der Waals surface area (Å²) >= 11 is 1.51. The number of rotatable bonds is 3. The Morgan fingerprint density at radius 3 is 3.11 bits per heavy atom. The number of hydrogen-bond acceptors (Lipinski definition) is 6. The van der Waals surface area contributed by atoms with E-state index >= 15 is 0 Å². The summed E-state index contributed by atoms with van der Waals surface area (Å²) in [5.41, 5.74) is 5.83. The van der Waals surface area contributed by atoms with Crippen molar-refractivity contribution in [2.45, 2.75) is 31.0 Å². The van der Waals surface area contributed by atoms with E-state index in [0.29, 0.717) is 5.82 Å². The van der Waals surface area contributed by atoms with Crippen molar-refractivity contribution in [1.29, 1.82) is 0 Å². The Balaban J connectivity index is 2.20. The Morgan fingerprint density at radius 1 is 1.56 bits per heavy atom. The van der Waals surface area contributed by atoms with Crippen molar-refractivity contribution in [3.8, 4) is 0 Å². The van der Waals surface area contributed by atoms with Crippen LogP contribution in [0, 0.1) is 0 Å². The van der Waals surface area contributed by atoms with Crippen LogP contribution in [0.3, 0.4) is 0 Å². The number of aromatic nitrogens is 2. The second-order valence-electron chi connectivity index (χ2n) is 4.34. The quantitative estimate of drug-likeness (QED) is 0.666. The van der Waals surface area contributed by atoms with Crippen molar-refractivity contribution in [3.05, 3.63) is 6.07 Å². The molecule has 2 heterocycles. The Hall–Kier alpha value is -1.01. The van der Waals surface area contributed by atoms with Gasteiger partial charge in [-0.3, -0.25) is 0 Å². The third-order valence-corrected chi connectivity index (χ3v) is 3.57. The van der Waals surface area contributed by atoms with Gasteiger partial charge in [0.05, 0.1) is 6.10 Å². The summed E-state index contributed by atoms with van der Waals surface area (Å²) in [6.07, 6.45) is 4.28. The van der Waals surface area contributed by atoms with Crippen LogP contribution in [0.1, 0.15) is 19.8 Å². The molecule has 100 valence electrons. The molecule has 0 radical (unpaired) electrons. The van der Waals surface area contributed by atoms with E-state index in [1.54, 1.807) is 0 Å². The molecular formula is C12H20N4OS. The van der Waals surface area contributed by atoms with Gasteiger partial charge < -0.3 is 15.4 Å². The van der Waals surface area contributed by atoms with Gasteiger partial charge in [0.1, 0.15) is 11.6 Å². The van der Waals surface area contributed by atoms with Gasteiger partial charge in [0.2, 0.25) is 0 Å². The lowest BCUT2D eigenvalue weighted by atomic mass is 10.2. The van der Waals surface area contributed by atoms with Gasteiger partial charge in [-0.1, -0.05) is 18.7 Å². The summed E-state index contributed by atoms with van der Waals surface area (Å²) < 4.78 is 5.77. The van der Waals surface area contributed by atoms with E-state index in [0.717, 1.165) is 43.5 Å². The highest BCUT2D eigenvalue weighted by atomic mass is 32.2. The van der Waals surface area contributed by atoms with Gasteiger partial charge in [-0.05, 0) is 19.1 Å². The molecule has 18 heavy (non-hydrogen) atoms. The maximum Gasteiger partial charge on any atom is 0.191 e. The van der Waals surface area contributed by atoms with Crippen molar-refractivity contribution in [2.24, 2.45) is 0 Å². The predicted octanol–water partition coefficient (Wildman–Crippen LogP) is 1.79. The van der Waals surface area contributed by atoms with Crippen LogP contribution in [0.25, 0.3) is 0 Å². The molecule has 0 aliphatic carbocycles. The lowest BCUT2D eigenvalue weighted by molar-refractivity contribution is 0.0664. The summed E-state index contributed by atoms with van der Waals surface area (Å²) in [5, 5.41) is 0.725. The molecule has 0 saturated carbocycles. The van der Waals surface area contributed by atoms with Crippen LogP contribution in [0.2, 0.25) is 0 Å². The van der Waals surface area contributed by atoms with Crippen LogP contribution in [-0.2, 0) is 4.74 Å². The van der Waals surface area contributed by atoms with E-state index in [9.17, 15) is 0 Å². The van der Waals surface area contributed by atoms with Crippen LogP contribution < -0.4 is 10.6 Å². The largest absolute Gasteiger partial charge is 0.383 e. The van der Waals surface area contributed by atoms with E-state index in [1.165, 1.54) is 11.8 Å². The molecule has 2 rings (SSSR count). The smallest absolute Gasteiger partial charge is 0.191 e. The first-order valence-corrected chi connectivity index (χ1v) is 7.50. The molecule has 1 aromatic heterocycles. The average molecular weight is 268 g/mol. The molecule has 1 saturated heterocycles. The van der Waals surface area contributed by atoms with Crippen molar-refractivity contribution in [2.75, 3.05) is 36.6 Å². The van der Waals surface area contributed by atoms with E-state index in [-0.39, 0.29) is 6.10 Å². The van der Waals surface area contributed by atoms with Crippen molar-refractivity contribution in [1.82, 2.24) is 9.97 Å². The molecule has 1 unspecified atom stereocenters. The normalized spacial score (nSPS) is 20.8. The maximum absolute atomic E-state index is 5.83. The minimum atomic E-state index is 0.279. The van der Waals surface area contributed by atoms with Gasteiger partial charge in [-0.2, -0.15) is 0 Å². The highest BCUT2D eigenvalue weighted by Gasteiger charge is 2.19. The number of ether oxygens (including phenoxy) is 1. The van der Waals surface area contributed by atoms with Gasteiger partial charge in [0.15, 0.2) is 5.16 Å². The zero-order valence-electron chi connectivity index (χ0n) is 10.9. The molecule has 1 atom stereocenters. The van der Waals surface area contributed by atoms with E-state index in [1.807, 2.05) is 12.3 Å². The number of thioether (sulfide) groups is 1. The minimum absolute atomic E-state index is 0.279. The fourth-order valence-corrected chi connectivity index (χ4v) is 2.42. The van der Waals surface area contributed by atoms with Crippen LogP contribution >= 0.6 is 11.8 Å². The van der Waals surface area contributed by atoms with E-state index < -0.39 is 0 Å². The number of hydrogen-bond donors (Lipinski definition) is 1. The zero-order valence-corrected chi connectivity index (χ0v) is 11.7.